The summed E-state index contributed by atoms with van der Waals surface area (Å²) in [5, 5.41) is 0. The van der Waals surface area contributed by atoms with Crippen LogP contribution in [0.1, 0.15) is 50.1 Å². The lowest BCUT2D eigenvalue weighted by Crippen LogP contribution is -2.21. The van der Waals surface area contributed by atoms with Crippen molar-refractivity contribution in [2.24, 2.45) is 11.7 Å². The lowest BCUT2D eigenvalue weighted by molar-refractivity contribution is 0.380. The van der Waals surface area contributed by atoms with Crippen LogP contribution in [0.3, 0.4) is 0 Å². The molecule has 0 radical (unpaired) electrons. The van der Waals surface area contributed by atoms with Crippen LogP contribution in [0, 0.1) is 11.7 Å². The fourth-order valence-corrected chi connectivity index (χ4v) is 3.21. The molecule has 0 heterocycles. The van der Waals surface area contributed by atoms with Crippen molar-refractivity contribution in [1.29, 1.82) is 0 Å². The highest BCUT2D eigenvalue weighted by molar-refractivity contribution is 9.10. The first-order valence-electron chi connectivity index (χ1n) is 6.39. The van der Waals surface area contributed by atoms with E-state index in [9.17, 15) is 4.39 Å². The molecule has 3 heteroatoms. The molecule has 94 valence electrons. The highest BCUT2D eigenvalue weighted by atomic mass is 79.9. The highest BCUT2D eigenvalue weighted by Crippen LogP contribution is 2.35. The van der Waals surface area contributed by atoms with Crippen molar-refractivity contribution in [2.75, 3.05) is 0 Å². The van der Waals surface area contributed by atoms with Crippen molar-refractivity contribution < 1.29 is 4.39 Å². The van der Waals surface area contributed by atoms with Gasteiger partial charge in [0.15, 0.2) is 0 Å². The van der Waals surface area contributed by atoms with E-state index in [0.717, 1.165) is 10.0 Å². The summed E-state index contributed by atoms with van der Waals surface area (Å²) in [6, 6.07) is 4.74. The molecule has 0 aliphatic heterocycles. The topological polar surface area (TPSA) is 26.0 Å². The van der Waals surface area contributed by atoms with Crippen molar-refractivity contribution in [2.45, 2.75) is 44.6 Å². The fraction of sp³-hybridized carbons (Fsp3) is 0.571. The van der Waals surface area contributed by atoms with Gasteiger partial charge in [0, 0.05) is 10.5 Å². The second-order valence-electron chi connectivity index (χ2n) is 4.94. The van der Waals surface area contributed by atoms with E-state index < -0.39 is 0 Å². The van der Waals surface area contributed by atoms with E-state index in [0.29, 0.717) is 5.92 Å². The van der Waals surface area contributed by atoms with Crippen molar-refractivity contribution >= 4 is 15.9 Å². The van der Waals surface area contributed by atoms with Gasteiger partial charge in [-0.3, -0.25) is 0 Å². The zero-order valence-corrected chi connectivity index (χ0v) is 11.5. The molecule has 1 atom stereocenters. The third kappa shape index (κ3) is 3.29. The van der Waals surface area contributed by atoms with Gasteiger partial charge in [-0.15, -0.1) is 0 Å². The number of benzene rings is 1. The number of rotatable bonds is 2. The molecule has 2 N–H and O–H groups in total. The van der Waals surface area contributed by atoms with E-state index in [1.807, 2.05) is 0 Å². The van der Waals surface area contributed by atoms with Crippen LogP contribution in [-0.2, 0) is 0 Å². The van der Waals surface area contributed by atoms with Gasteiger partial charge < -0.3 is 5.73 Å². The third-order valence-corrected chi connectivity index (χ3v) is 4.45. The molecule has 1 aliphatic rings. The first-order valence-corrected chi connectivity index (χ1v) is 7.18. The molecule has 1 aromatic rings. The molecule has 0 spiro atoms. The average Bonchev–Trinajstić information content (AvgIpc) is 2.60. The Bertz CT molecular complexity index is 372. The minimum Gasteiger partial charge on any atom is -0.324 e. The Labute approximate surface area is 111 Å². The van der Waals surface area contributed by atoms with E-state index >= 15 is 0 Å². The summed E-state index contributed by atoms with van der Waals surface area (Å²) in [5.41, 5.74) is 7.23. The van der Waals surface area contributed by atoms with Crippen molar-refractivity contribution in [1.82, 2.24) is 0 Å². The molecule has 0 bridgehead atoms. The van der Waals surface area contributed by atoms with Gasteiger partial charge in [0.2, 0.25) is 0 Å². The van der Waals surface area contributed by atoms with E-state index in [1.54, 1.807) is 12.1 Å². The molecule has 0 aromatic heterocycles. The van der Waals surface area contributed by atoms with E-state index in [1.165, 1.54) is 44.6 Å². The number of halogens is 2. The van der Waals surface area contributed by atoms with Crippen molar-refractivity contribution in [3.8, 4) is 0 Å². The predicted octanol–water partition coefficient (Wildman–Crippen LogP) is 4.56. The molecule has 1 saturated carbocycles. The zero-order chi connectivity index (χ0) is 12.3. The summed E-state index contributed by atoms with van der Waals surface area (Å²) in [6.07, 6.45) is 7.48. The third-order valence-electron chi connectivity index (χ3n) is 3.72. The largest absolute Gasteiger partial charge is 0.324 e. The monoisotopic (exact) mass is 299 g/mol. The Morgan fingerprint density at radius 1 is 1.18 bits per heavy atom. The summed E-state index contributed by atoms with van der Waals surface area (Å²) in [4.78, 5) is 0. The normalized spacial score (nSPS) is 19.9. The van der Waals surface area contributed by atoms with Gasteiger partial charge in [-0.2, -0.15) is 0 Å². The summed E-state index contributed by atoms with van der Waals surface area (Å²) in [6.45, 7) is 0. The first-order chi connectivity index (χ1) is 8.18. The minimum absolute atomic E-state index is 0.0434. The van der Waals surface area contributed by atoms with Crippen LogP contribution in [-0.4, -0.2) is 0 Å². The van der Waals surface area contributed by atoms with Gasteiger partial charge in [-0.1, -0.05) is 41.6 Å². The number of hydrogen-bond acceptors (Lipinski definition) is 1. The molecule has 17 heavy (non-hydrogen) atoms. The molecule has 0 saturated heterocycles. The Kier molecular flexibility index (Phi) is 4.57. The van der Waals surface area contributed by atoms with Gasteiger partial charge in [0.25, 0.3) is 0 Å². The second kappa shape index (κ2) is 5.96. The predicted molar refractivity (Wildman–Crippen MR) is 72.2 cm³/mol. The molecule has 1 aromatic carbocycles. The molecular weight excluding hydrogens is 281 g/mol. The molecule has 2 rings (SSSR count). The Morgan fingerprint density at radius 2 is 1.82 bits per heavy atom. The Balaban J connectivity index is 2.16. The van der Waals surface area contributed by atoms with Crippen LogP contribution in [0.2, 0.25) is 0 Å². The molecule has 1 unspecified atom stereocenters. The first kappa shape index (κ1) is 13.0. The lowest BCUT2D eigenvalue weighted by Gasteiger charge is -2.23. The summed E-state index contributed by atoms with van der Waals surface area (Å²) >= 11 is 3.47. The molecule has 1 nitrogen and oxygen atoms in total. The second-order valence-corrected chi connectivity index (χ2v) is 5.80. The van der Waals surface area contributed by atoms with Gasteiger partial charge in [0.05, 0.1) is 0 Å². The molecular formula is C14H19BrFN. The van der Waals surface area contributed by atoms with E-state index in [-0.39, 0.29) is 11.9 Å². The Hall–Kier alpha value is -0.410. The smallest absolute Gasteiger partial charge is 0.123 e. The maximum atomic E-state index is 13.3. The fourth-order valence-electron chi connectivity index (χ4n) is 2.69. The van der Waals surface area contributed by atoms with Crippen molar-refractivity contribution in [3.63, 3.8) is 0 Å². The van der Waals surface area contributed by atoms with E-state index in [2.05, 4.69) is 15.9 Å². The standard InChI is InChI=1S/C14H19BrFN/c15-13-8-7-11(16)9-12(13)14(17)10-5-3-1-2-4-6-10/h7-10,14H,1-6,17H2. The average molecular weight is 300 g/mol. The zero-order valence-electron chi connectivity index (χ0n) is 9.96. The van der Waals surface area contributed by atoms with Crippen LogP contribution in [0.25, 0.3) is 0 Å². The highest BCUT2D eigenvalue weighted by Gasteiger charge is 2.22. The van der Waals surface area contributed by atoms with Gasteiger partial charge in [-0.05, 0) is 42.5 Å². The van der Waals surface area contributed by atoms with Crippen LogP contribution >= 0.6 is 15.9 Å². The number of hydrogen-bond donors (Lipinski definition) is 1. The van der Waals surface area contributed by atoms with Crippen LogP contribution < -0.4 is 5.73 Å². The molecule has 1 fully saturated rings. The van der Waals surface area contributed by atoms with Crippen LogP contribution in [0.4, 0.5) is 4.39 Å². The van der Waals surface area contributed by atoms with Gasteiger partial charge in [0.1, 0.15) is 5.82 Å². The van der Waals surface area contributed by atoms with Gasteiger partial charge >= 0.3 is 0 Å². The molecule has 1 aliphatic carbocycles. The maximum Gasteiger partial charge on any atom is 0.123 e. The van der Waals surface area contributed by atoms with Gasteiger partial charge in [-0.25, -0.2) is 4.39 Å². The summed E-state index contributed by atoms with van der Waals surface area (Å²) < 4.78 is 14.2. The minimum atomic E-state index is -0.202. The molecule has 0 amide bonds. The number of nitrogens with two attached hydrogens (primary N) is 1. The summed E-state index contributed by atoms with van der Waals surface area (Å²) in [7, 11) is 0. The quantitative estimate of drug-likeness (QED) is 0.796. The Morgan fingerprint density at radius 3 is 2.47 bits per heavy atom. The lowest BCUT2D eigenvalue weighted by atomic mass is 9.88. The SMILES string of the molecule is NC(c1cc(F)ccc1Br)C1CCCCCC1. The van der Waals surface area contributed by atoms with E-state index in [4.69, 9.17) is 5.73 Å². The summed E-state index contributed by atoms with van der Waals surface area (Å²) in [5.74, 6) is 0.294. The van der Waals surface area contributed by atoms with Crippen molar-refractivity contribution in [3.05, 3.63) is 34.1 Å². The van der Waals surface area contributed by atoms with Crippen LogP contribution in [0.5, 0.6) is 0 Å². The maximum absolute atomic E-state index is 13.3. The van der Waals surface area contributed by atoms with Crippen LogP contribution in [0.15, 0.2) is 22.7 Å².